The largest absolute Gasteiger partial charge is 0.493 e. The van der Waals surface area contributed by atoms with Crippen LogP contribution >= 0.6 is 0 Å². The van der Waals surface area contributed by atoms with Crippen LogP contribution in [0.1, 0.15) is 0 Å². The monoisotopic (exact) mass is 374 g/mol. The number of nitrogens with one attached hydrogen (secondary N) is 1. The van der Waals surface area contributed by atoms with E-state index in [4.69, 9.17) is 9.47 Å². The number of benzene rings is 1. The highest BCUT2D eigenvalue weighted by Crippen LogP contribution is 2.32. The van der Waals surface area contributed by atoms with Crippen molar-refractivity contribution in [3.05, 3.63) is 30.9 Å². The van der Waals surface area contributed by atoms with E-state index in [0.717, 1.165) is 0 Å². The highest BCUT2D eigenvalue weighted by atomic mass is 16.5. The molecule has 1 fully saturated rings. The first-order chi connectivity index (χ1) is 13.1. The van der Waals surface area contributed by atoms with Gasteiger partial charge in [0.05, 0.1) is 20.8 Å². The molecular weight excluding hydrogens is 352 g/mol. The molecule has 0 bridgehead atoms. The fraction of sp³-hybridized carbons (Fsp3) is 0.412. The minimum atomic E-state index is -0.214. The summed E-state index contributed by atoms with van der Waals surface area (Å²) >= 11 is 0. The minimum absolute atomic E-state index is 0.0139. The third-order valence-electron chi connectivity index (χ3n) is 4.24. The van der Waals surface area contributed by atoms with Gasteiger partial charge in [0.15, 0.2) is 11.5 Å². The average molecular weight is 374 g/mol. The van der Waals surface area contributed by atoms with E-state index >= 15 is 0 Å². The lowest BCUT2D eigenvalue weighted by molar-refractivity contribution is -0.121. The van der Waals surface area contributed by atoms with Crippen LogP contribution in [0.3, 0.4) is 0 Å². The van der Waals surface area contributed by atoms with Crippen molar-refractivity contribution in [3.8, 4) is 11.5 Å². The van der Waals surface area contributed by atoms with Gasteiger partial charge in [-0.1, -0.05) is 0 Å². The van der Waals surface area contributed by atoms with E-state index in [1.54, 1.807) is 48.3 Å². The third-order valence-corrected chi connectivity index (χ3v) is 4.24. The lowest BCUT2D eigenvalue weighted by Gasteiger charge is -2.19. The summed E-state index contributed by atoms with van der Waals surface area (Å²) in [5.74, 6) is 0.932. The maximum atomic E-state index is 12.6. The van der Waals surface area contributed by atoms with Gasteiger partial charge in [0.25, 0.3) is 0 Å². The smallest absolute Gasteiger partial charge is 0.325 e. The van der Waals surface area contributed by atoms with Crippen LogP contribution < -0.4 is 19.7 Å². The second kappa shape index (κ2) is 8.39. The molecule has 0 aliphatic carbocycles. The molecule has 10 heteroatoms. The number of carbonyl (C=O) groups is 2. The number of methoxy groups -OCH3 is 2. The van der Waals surface area contributed by atoms with Crippen molar-refractivity contribution >= 4 is 17.6 Å². The van der Waals surface area contributed by atoms with Crippen molar-refractivity contribution in [1.82, 2.24) is 25.0 Å². The quantitative estimate of drug-likeness (QED) is 0.716. The number of aromatic nitrogens is 3. The van der Waals surface area contributed by atoms with Gasteiger partial charge in [0.1, 0.15) is 19.2 Å². The Morgan fingerprint density at radius 3 is 2.74 bits per heavy atom. The summed E-state index contributed by atoms with van der Waals surface area (Å²) in [5, 5.41) is 6.74. The summed E-state index contributed by atoms with van der Waals surface area (Å²) in [6.45, 7) is 1.94. The van der Waals surface area contributed by atoms with Gasteiger partial charge in [-0.15, -0.1) is 0 Å². The normalized spacial score (nSPS) is 13.8. The van der Waals surface area contributed by atoms with Crippen LogP contribution in [0.5, 0.6) is 11.5 Å². The van der Waals surface area contributed by atoms with Gasteiger partial charge in [-0.25, -0.2) is 9.78 Å². The molecule has 0 atom stereocenters. The lowest BCUT2D eigenvalue weighted by Crippen LogP contribution is -2.40. The fourth-order valence-corrected chi connectivity index (χ4v) is 2.85. The molecule has 10 nitrogen and oxygen atoms in total. The van der Waals surface area contributed by atoms with Crippen molar-refractivity contribution in [2.75, 3.05) is 45.3 Å². The zero-order chi connectivity index (χ0) is 19.2. The van der Waals surface area contributed by atoms with Crippen molar-refractivity contribution in [2.24, 2.45) is 0 Å². The topological polar surface area (TPSA) is 102 Å². The molecular formula is C17H22N6O4. The molecule has 27 heavy (non-hydrogen) atoms. The van der Waals surface area contributed by atoms with Gasteiger partial charge >= 0.3 is 6.03 Å². The fourth-order valence-electron chi connectivity index (χ4n) is 2.85. The summed E-state index contributed by atoms with van der Waals surface area (Å²) in [7, 11) is 3.10. The molecule has 144 valence electrons. The number of carbonyl (C=O) groups excluding carboxylic acids is 2. The Kier molecular flexibility index (Phi) is 5.74. The van der Waals surface area contributed by atoms with Crippen LogP contribution in [0, 0.1) is 0 Å². The molecule has 0 saturated carbocycles. The highest BCUT2D eigenvalue weighted by Gasteiger charge is 2.31. The number of urea groups is 1. The second-order valence-electron chi connectivity index (χ2n) is 5.90. The van der Waals surface area contributed by atoms with E-state index < -0.39 is 0 Å². The summed E-state index contributed by atoms with van der Waals surface area (Å²) in [4.78, 5) is 31.7. The van der Waals surface area contributed by atoms with Crippen molar-refractivity contribution in [1.29, 1.82) is 0 Å². The predicted octanol–water partition coefficient (Wildman–Crippen LogP) is 0.354. The van der Waals surface area contributed by atoms with Gasteiger partial charge in [-0.05, 0) is 12.1 Å². The van der Waals surface area contributed by atoms with Gasteiger partial charge in [0.2, 0.25) is 5.91 Å². The SMILES string of the molecule is COc1ccc(N2CCN(CC(=O)NCCn3cncn3)C2=O)cc1OC. The molecule has 3 amide bonds. The zero-order valence-corrected chi connectivity index (χ0v) is 15.3. The number of ether oxygens (including phenoxy) is 2. The standard InChI is InChI=1S/C17H22N6O4/c1-26-14-4-3-13(9-15(14)27-2)23-8-7-21(17(23)25)10-16(24)19-5-6-22-12-18-11-20-22/h3-4,9,11-12H,5-8,10H2,1-2H3,(H,19,24). The van der Waals surface area contributed by atoms with Crippen LogP contribution in [0.2, 0.25) is 0 Å². The van der Waals surface area contributed by atoms with Crippen LogP contribution in [-0.4, -0.2) is 72.0 Å². The summed E-state index contributed by atoms with van der Waals surface area (Å²) < 4.78 is 12.1. The Balaban J connectivity index is 1.54. The summed E-state index contributed by atoms with van der Waals surface area (Å²) in [5.41, 5.74) is 0.701. The third kappa shape index (κ3) is 4.27. The Labute approximate surface area is 156 Å². The molecule has 1 aromatic heterocycles. The van der Waals surface area contributed by atoms with E-state index in [-0.39, 0.29) is 18.5 Å². The number of hydrogen-bond donors (Lipinski definition) is 1. The maximum absolute atomic E-state index is 12.6. The molecule has 1 aliphatic heterocycles. The molecule has 1 aliphatic rings. The molecule has 3 rings (SSSR count). The number of rotatable bonds is 8. The first-order valence-electron chi connectivity index (χ1n) is 8.50. The van der Waals surface area contributed by atoms with Crippen molar-refractivity contribution in [2.45, 2.75) is 6.54 Å². The van der Waals surface area contributed by atoms with Crippen LogP contribution in [0.25, 0.3) is 0 Å². The van der Waals surface area contributed by atoms with Crippen LogP contribution in [-0.2, 0) is 11.3 Å². The van der Waals surface area contributed by atoms with Crippen molar-refractivity contribution < 1.29 is 19.1 Å². The Hall–Kier alpha value is -3.30. The predicted molar refractivity (Wildman–Crippen MR) is 96.9 cm³/mol. The van der Waals surface area contributed by atoms with Crippen molar-refractivity contribution in [3.63, 3.8) is 0 Å². The zero-order valence-electron chi connectivity index (χ0n) is 15.3. The maximum Gasteiger partial charge on any atom is 0.325 e. The van der Waals surface area contributed by atoms with E-state index in [1.807, 2.05) is 0 Å². The van der Waals surface area contributed by atoms with Crippen LogP contribution in [0.15, 0.2) is 30.9 Å². The Morgan fingerprint density at radius 2 is 2.04 bits per heavy atom. The number of nitrogens with zero attached hydrogens (tertiary/aromatic N) is 5. The molecule has 0 spiro atoms. The highest BCUT2D eigenvalue weighted by molar-refractivity contribution is 5.96. The van der Waals surface area contributed by atoms with E-state index in [9.17, 15) is 9.59 Å². The van der Waals surface area contributed by atoms with Gasteiger partial charge in [-0.2, -0.15) is 5.10 Å². The van der Waals surface area contributed by atoms with Gasteiger partial charge in [0, 0.05) is 31.4 Å². The van der Waals surface area contributed by atoms with E-state index in [1.165, 1.54) is 11.2 Å². The Bertz CT molecular complexity index is 795. The van der Waals surface area contributed by atoms with Gasteiger partial charge in [-0.3, -0.25) is 14.4 Å². The molecule has 1 N–H and O–H groups in total. The number of amides is 3. The minimum Gasteiger partial charge on any atom is -0.493 e. The molecule has 0 unspecified atom stereocenters. The van der Waals surface area contributed by atoms with E-state index in [0.29, 0.717) is 43.4 Å². The Morgan fingerprint density at radius 1 is 1.22 bits per heavy atom. The lowest BCUT2D eigenvalue weighted by atomic mass is 10.2. The summed E-state index contributed by atoms with van der Waals surface area (Å²) in [6.07, 6.45) is 3.02. The summed E-state index contributed by atoms with van der Waals surface area (Å²) in [6, 6.07) is 5.08. The average Bonchev–Trinajstić information content (AvgIpc) is 3.32. The molecule has 1 aromatic carbocycles. The number of anilines is 1. The molecule has 1 saturated heterocycles. The first kappa shape index (κ1) is 18.5. The molecule has 2 aromatic rings. The first-order valence-corrected chi connectivity index (χ1v) is 8.50. The second-order valence-corrected chi connectivity index (χ2v) is 5.90. The molecule has 0 radical (unpaired) electrons. The molecule has 2 heterocycles. The van der Waals surface area contributed by atoms with E-state index in [2.05, 4.69) is 15.4 Å². The van der Waals surface area contributed by atoms with Crippen LogP contribution in [0.4, 0.5) is 10.5 Å². The number of hydrogen-bond acceptors (Lipinski definition) is 6. The van der Waals surface area contributed by atoms with Gasteiger partial charge < -0.3 is 19.7 Å².